The van der Waals surface area contributed by atoms with Crippen LogP contribution in [0.4, 0.5) is 17.1 Å². The Labute approximate surface area is 166 Å². The molecule has 2 aromatic carbocycles. The smallest absolute Gasteiger partial charge is 0.274 e. The first-order valence-electron chi connectivity index (χ1n) is 8.14. The van der Waals surface area contributed by atoms with Crippen molar-refractivity contribution in [3.05, 3.63) is 52.1 Å². The highest BCUT2D eigenvalue weighted by atomic mass is 32.1. The first-order valence-corrected chi connectivity index (χ1v) is 8.55. The van der Waals surface area contributed by atoms with Gasteiger partial charge in [0.1, 0.15) is 0 Å². The van der Waals surface area contributed by atoms with E-state index in [2.05, 4.69) is 15.6 Å². The van der Waals surface area contributed by atoms with Gasteiger partial charge >= 0.3 is 0 Å². The largest absolute Gasteiger partial charge is 0.504 e. The summed E-state index contributed by atoms with van der Waals surface area (Å²) in [5.41, 5.74) is 1.12. The van der Waals surface area contributed by atoms with E-state index in [0.29, 0.717) is 17.8 Å². The second-order valence-electron chi connectivity index (χ2n) is 5.50. The molecule has 0 fully saturated rings. The van der Waals surface area contributed by atoms with Crippen LogP contribution in [-0.2, 0) is 4.79 Å². The van der Waals surface area contributed by atoms with Gasteiger partial charge in [-0.1, -0.05) is 6.92 Å². The number of benzene rings is 2. The van der Waals surface area contributed by atoms with Gasteiger partial charge in [0.25, 0.3) is 5.69 Å². The number of hydrogen-bond acceptors (Lipinski definition) is 7. The van der Waals surface area contributed by atoms with Crippen molar-refractivity contribution in [2.24, 2.45) is 4.99 Å². The maximum atomic E-state index is 11.3. The molecule has 0 saturated carbocycles. The molecule has 2 rings (SSSR count). The van der Waals surface area contributed by atoms with Gasteiger partial charge < -0.3 is 20.5 Å². The zero-order chi connectivity index (χ0) is 20.7. The van der Waals surface area contributed by atoms with Gasteiger partial charge in [0.05, 0.1) is 23.8 Å². The van der Waals surface area contributed by atoms with Crippen LogP contribution in [0.3, 0.4) is 0 Å². The molecule has 0 aromatic heterocycles. The molecule has 1 amide bonds. The standard InChI is InChI=1S/C18H18N4O5S/c1-3-16(23)21-18(28)20-13-6-4-12(5-7-13)19-10-11-8-14(22(25)26)9-15(27-2)17(11)24/h4-10,24H,3H2,1-2H3,(H2,20,21,23,28). The zero-order valence-corrected chi connectivity index (χ0v) is 15.9. The van der Waals surface area contributed by atoms with Gasteiger partial charge in [0.2, 0.25) is 5.91 Å². The van der Waals surface area contributed by atoms with Gasteiger partial charge in [0, 0.05) is 30.0 Å². The number of carbonyl (C=O) groups excluding carboxylic acids is 1. The van der Waals surface area contributed by atoms with E-state index in [1.807, 2.05) is 0 Å². The van der Waals surface area contributed by atoms with Crippen LogP contribution in [0.25, 0.3) is 0 Å². The molecule has 0 spiro atoms. The van der Waals surface area contributed by atoms with E-state index in [-0.39, 0.29) is 33.8 Å². The van der Waals surface area contributed by atoms with E-state index >= 15 is 0 Å². The maximum absolute atomic E-state index is 11.3. The molecule has 146 valence electrons. The number of aromatic hydroxyl groups is 1. The zero-order valence-electron chi connectivity index (χ0n) is 15.1. The Kier molecular flexibility index (Phi) is 6.99. The number of nitrogens with one attached hydrogen (secondary N) is 2. The highest BCUT2D eigenvalue weighted by Gasteiger charge is 2.15. The number of nitrogens with zero attached hydrogens (tertiary/aromatic N) is 2. The number of nitro groups is 1. The number of hydrogen-bond donors (Lipinski definition) is 3. The van der Waals surface area contributed by atoms with Crippen molar-refractivity contribution >= 4 is 46.5 Å². The van der Waals surface area contributed by atoms with E-state index in [1.165, 1.54) is 19.4 Å². The molecule has 0 bridgehead atoms. The molecule has 10 heteroatoms. The van der Waals surface area contributed by atoms with Crippen LogP contribution < -0.4 is 15.4 Å². The fourth-order valence-electron chi connectivity index (χ4n) is 2.13. The summed E-state index contributed by atoms with van der Waals surface area (Å²) in [6.45, 7) is 1.72. The third-order valence-electron chi connectivity index (χ3n) is 3.57. The van der Waals surface area contributed by atoms with Gasteiger partial charge in [-0.3, -0.25) is 19.9 Å². The average Bonchev–Trinajstić information content (AvgIpc) is 2.67. The van der Waals surface area contributed by atoms with Gasteiger partial charge in [0.15, 0.2) is 16.6 Å². The monoisotopic (exact) mass is 402 g/mol. The van der Waals surface area contributed by atoms with Gasteiger partial charge in [-0.05, 0) is 36.5 Å². The van der Waals surface area contributed by atoms with Crippen LogP contribution in [-0.4, -0.2) is 34.4 Å². The molecule has 3 N–H and O–H groups in total. The van der Waals surface area contributed by atoms with Gasteiger partial charge in [-0.25, -0.2) is 0 Å². The highest BCUT2D eigenvalue weighted by molar-refractivity contribution is 7.80. The summed E-state index contributed by atoms with van der Waals surface area (Å²) in [6.07, 6.45) is 1.63. The number of anilines is 1. The summed E-state index contributed by atoms with van der Waals surface area (Å²) in [4.78, 5) is 25.9. The predicted octanol–water partition coefficient (Wildman–Crippen LogP) is 3.28. The van der Waals surface area contributed by atoms with Crippen molar-refractivity contribution in [2.75, 3.05) is 12.4 Å². The summed E-state index contributed by atoms with van der Waals surface area (Å²) < 4.78 is 4.95. The van der Waals surface area contributed by atoms with E-state index < -0.39 is 4.92 Å². The van der Waals surface area contributed by atoms with Crippen LogP contribution in [0.5, 0.6) is 11.5 Å². The van der Waals surface area contributed by atoms with E-state index in [0.717, 1.165) is 6.07 Å². The van der Waals surface area contributed by atoms with Crippen molar-refractivity contribution in [2.45, 2.75) is 13.3 Å². The van der Waals surface area contributed by atoms with Crippen molar-refractivity contribution in [1.82, 2.24) is 5.32 Å². The summed E-state index contributed by atoms with van der Waals surface area (Å²) in [5, 5.41) is 26.7. The molecule has 0 aliphatic rings. The Morgan fingerprint density at radius 3 is 2.61 bits per heavy atom. The van der Waals surface area contributed by atoms with Crippen LogP contribution in [0, 0.1) is 10.1 Å². The fraction of sp³-hybridized carbons (Fsp3) is 0.167. The fourth-order valence-corrected chi connectivity index (χ4v) is 2.36. The lowest BCUT2D eigenvalue weighted by molar-refractivity contribution is -0.385. The van der Waals surface area contributed by atoms with Crippen molar-refractivity contribution < 1.29 is 19.6 Å². The van der Waals surface area contributed by atoms with E-state index in [1.54, 1.807) is 31.2 Å². The van der Waals surface area contributed by atoms with Gasteiger partial charge in [-0.15, -0.1) is 0 Å². The molecule has 0 aliphatic carbocycles. The molecule has 0 heterocycles. The van der Waals surface area contributed by atoms with Crippen LogP contribution in [0.2, 0.25) is 0 Å². The predicted molar refractivity (Wildman–Crippen MR) is 110 cm³/mol. The van der Waals surface area contributed by atoms with E-state index in [4.69, 9.17) is 17.0 Å². The van der Waals surface area contributed by atoms with Gasteiger partial charge in [-0.2, -0.15) is 0 Å². The number of aliphatic imine (C=N–C) groups is 1. The lowest BCUT2D eigenvalue weighted by atomic mass is 10.1. The van der Waals surface area contributed by atoms with Crippen molar-refractivity contribution in [1.29, 1.82) is 0 Å². The lowest BCUT2D eigenvalue weighted by Crippen LogP contribution is -2.33. The molecule has 28 heavy (non-hydrogen) atoms. The Balaban J connectivity index is 2.15. The lowest BCUT2D eigenvalue weighted by Gasteiger charge is -2.08. The Morgan fingerprint density at radius 1 is 1.36 bits per heavy atom. The summed E-state index contributed by atoms with van der Waals surface area (Å²) in [6, 6.07) is 9.08. The second-order valence-corrected chi connectivity index (χ2v) is 5.91. The summed E-state index contributed by atoms with van der Waals surface area (Å²) in [7, 11) is 1.30. The Hall–Kier alpha value is -3.53. The number of phenols is 1. The SMILES string of the molecule is CCC(=O)NC(=S)Nc1ccc(N=Cc2cc([N+](=O)[O-])cc(OC)c2O)cc1. The third kappa shape index (κ3) is 5.48. The Morgan fingerprint density at radius 2 is 2.04 bits per heavy atom. The number of methoxy groups -OCH3 is 1. The number of nitro benzene ring substituents is 1. The topological polar surface area (TPSA) is 126 Å². The molecule has 9 nitrogen and oxygen atoms in total. The molecule has 0 radical (unpaired) electrons. The molecule has 0 aliphatic heterocycles. The number of non-ortho nitro benzene ring substituents is 1. The molecule has 0 saturated heterocycles. The number of rotatable bonds is 6. The van der Waals surface area contributed by atoms with Crippen molar-refractivity contribution in [3.8, 4) is 11.5 Å². The van der Waals surface area contributed by atoms with Crippen molar-refractivity contribution in [3.63, 3.8) is 0 Å². The molecule has 0 atom stereocenters. The number of carbonyl (C=O) groups is 1. The van der Waals surface area contributed by atoms with Crippen LogP contribution >= 0.6 is 12.2 Å². The number of ether oxygens (including phenoxy) is 1. The first kappa shape index (κ1) is 20.8. The average molecular weight is 402 g/mol. The third-order valence-corrected chi connectivity index (χ3v) is 3.78. The number of amides is 1. The summed E-state index contributed by atoms with van der Waals surface area (Å²) in [5.74, 6) is -0.448. The van der Waals surface area contributed by atoms with Crippen LogP contribution in [0.15, 0.2) is 41.4 Å². The normalized spacial score (nSPS) is 10.5. The number of phenolic OH excluding ortho intramolecular Hbond substituents is 1. The minimum absolute atomic E-state index is 0.0159. The molecule has 2 aromatic rings. The molecular formula is C18H18N4O5S. The summed E-state index contributed by atoms with van der Waals surface area (Å²) >= 11 is 5.03. The minimum Gasteiger partial charge on any atom is -0.504 e. The molecular weight excluding hydrogens is 384 g/mol. The minimum atomic E-state index is -0.583. The highest BCUT2D eigenvalue weighted by Crippen LogP contribution is 2.33. The Bertz CT molecular complexity index is 928. The maximum Gasteiger partial charge on any atom is 0.274 e. The first-order chi connectivity index (χ1) is 13.3. The van der Waals surface area contributed by atoms with E-state index in [9.17, 15) is 20.0 Å². The molecule has 0 unspecified atom stereocenters. The second kappa shape index (κ2) is 9.42. The number of thiocarbonyl (C=S) groups is 1. The van der Waals surface area contributed by atoms with Crippen LogP contribution in [0.1, 0.15) is 18.9 Å². The quantitative estimate of drug-likeness (QED) is 0.293.